The molecule has 162 valence electrons. The summed E-state index contributed by atoms with van der Waals surface area (Å²) in [5.41, 5.74) is 3.82. The van der Waals surface area contributed by atoms with E-state index in [1.54, 1.807) is 37.4 Å². The van der Waals surface area contributed by atoms with Crippen molar-refractivity contribution in [1.82, 2.24) is 0 Å². The number of methoxy groups -OCH3 is 1. The van der Waals surface area contributed by atoms with Gasteiger partial charge in [-0.15, -0.1) is 0 Å². The number of rotatable bonds is 8. The molecule has 0 radical (unpaired) electrons. The zero-order valence-corrected chi connectivity index (χ0v) is 19.9. The quantitative estimate of drug-likeness (QED) is 0.333. The molecule has 0 atom stereocenters. The van der Waals surface area contributed by atoms with Gasteiger partial charge in [0.25, 0.3) is 0 Å². The molecule has 3 aromatic rings. The van der Waals surface area contributed by atoms with Crippen molar-refractivity contribution in [2.45, 2.75) is 20.1 Å². The lowest BCUT2D eigenvalue weighted by molar-refractivity contribution is 0.0697. The van der Waals surface area contributed by atoms with Gasteiger partial charge in [-0.2, -0.15) is 0 Å². The van der Waals surface area contributed by atoms with Gasteiger partial charge in [0.05, 0.1) is 27.2 Å². The molecule has 0 spiro atoms. The van der Waals surface area contributed by atoms with Gasteiger partial charge in [-0.1, -0.05) is 29.3 Å². The molecule has 0 fully saturated rings. The topological polar surface area (TPSA) is 67.8 Å². The second-order valence-corrected chi connectivity index (χ2v) is 8.50. The summed E-state index contributed by atoms with van der Waals surface area (Å²) in [5, 5.41) is 13.4. The summed E-state index contributed by atoms with van der Waals surface area (Å²) in [7, 11) is 1.58. The first-order valence-electron chi connectivity index (χ1n) is 9.29. The Bertz CT molecular complexity index is 1120. The molecule has 31 heavy (non-hydrogen) atoms. The third-order valence-electron chi connectivity index (χ3n) is 4.61. The first kappa shape index (κ1) is 23.3. The number of aromatic carboxylic acids is 1. The summed E-state index contributed by atoms with van der Waals surface area (Å²) in [6, 6.07) is 14.2. The highest BCUT2D eigenvalue weighted by atomic mass is 79.9. The van der Waals surface area contributed by atoms with Gasteiger partial charge in [0, 0.05) is 12.2 Å². The van der Waals surface area contributed by atoms with E-state index in [0.29, 0.717) is 34.7 Å². The summed E-state index contributed by atoms with van der Waals surface area (Å²) in [6.45, 7) is 2.69. The van der Waals surface area contributed by atoms with Gasteiger partial charge in [0.1, 0.15) is 6.61 Å². The van der Waals surface area contributed by atoms with Gasteiger partial charge < -0.3 is 19.9 Å². The van der Waals surface area contributed by atoms with Crippen LogP contribution in [0.2, 0.25) is 10.0 Å². The van der Waals surface area contributed by atoms with Gasteiger partial charge in [0.2, 0.25) is 0 Å². The molecule has 0 saturated heterocycles. The van der Waals surface area contributed by atoms with E-state index in [1.165, 1.54) is 0 Å². The maximum Gasteiger partial charge on any atom is 0.335 e. The number of carbonyl (C=O) groups is 1. The van der Waals surface area contributed by atoms with Crippen LogP contribution in [0.1, 0.15) is 27.0 Å². The van der Waals surface area contributed by atoms with Crippen LogP contribution < -0.4 is 14.8 Å². The summed E-state index contributed by atoms with van der Waals surface area (Å²) in [6.07, 6.45) is 0. The summed E-state index contributed by atoms with van der Waals surface area (Å²) < 4.78 is 12.2. The van der Waals surface area contributed by atoms with Crippen molar-refractivity contribution in [1.29, 1.82) is 0 Å². The lowest BCUT2D eigenvalue weighted by Crippen LogP contribution is -2.05. The molecule has 0 aliphatic carbocycles. The minimum absolute atomic E-state index is 0.260. The Morgan fingerprint density at radius 1 is 1.06 bits per heavy atom. The van der Waals surface area contributed by atoms with Crippen molar-refractivity contribution in [3.63, 3.8) is 0 Å². The monoisotopic (exact) mass is 523 g/mol. The number of carboxylic acids is 1. The zero-order chi connectivity index (χ0) is 22.5. The third kappa shape index (κ3) is 5.85. The molecule has 0 aromatic heterocycles. The number of nitrogens with one attached hydrogen (secondary N) is 1. The first-order chi connectivity index (χ1) is 14.8. The predicted octanol–water partition coefficient (Wildman–Crippen LogP) is 6.96. The van der Waals surface area contributed by atoms with E-state index in [0.717, 1.165) is 26.9 Å². The Morgan fingerprint density at radius 2 is 1.84 bits per heavy atom. The molecule has 3 rings (SSSR count). The van der Waals surface area contributed by atoms with Crippen molar-refractivity contribution >= 4 is 50.8 Å². The largest absolute Gasteiger partial charge is 0.493 e. The Kier molecular flexibility index (Phi) is 7.70. The smallest absolute Gasteiger partial charge is 0.335 e. The van der Waals surface area contributed by atoms with Crippen LogP contribution in [0.5, 0.6) is 11.5 Å². The van der Waals surface area contributed by atoms with E-state index in [2.05, 4.69) is 21.2 Å². The average Bonchev–Trinajstić information content (AvgIpc) is 2.73. The summed E-state index contributed by atoms with van der Waals surface area (Å²) in [5.74, 6) is 0.225. The third-order valence-corrected chi connectivity index (χ3v) is 5.94. The Balaban J connectivity index is 1.73. The lowest BCUT2D eigenvalue weighted by atomic mass is 10.1. The highest BCUT2D eigenvalue weighted by Crippen LogP contribution is 2.37. The fourth-order valence-corrected chi connectivity index (χ4v) is 3.92. The van der Waals surface area contributed by atoms with Crippen molar-refractivity contribution in [2.75, 3.05) is 12.4 Å². The molecule has 0 unspecified atom stereocenters. The summed E-state index contributed by atoms with van der Waals surface area (Å²) in [4.78, 5) is 11.1. The van der Waals surface area contributed by atoms with E-state index in [1.807, 2.05) is 25.1 Å². The van der Waals surface area contributed by atoms with Gasteiger partial charge in [-0.25, -0.2) is 4.79 Å². The van der Waals surface area contributed by atoms with Gasteiger partial charge >= 0.3 is 5.97 Å². The standard InChI is InChI=1S/C23H20BrCl2NO4/c1-13-7-16(23(28)29)4-6-20(13)27-11-15-8-17(24)22(21(10-15)30-2)31-12-14-3-5-18(25)19(26)9-14/h3-10,27H,11-12H2,1-2H3,(H,28,29). The number of ether oxygens (including phenoxy) is 2. The second kappa shape index (κ2) is 10.3. The fraction of sp³-hybridized carbons (Fsp3) is 0.174. The van der Waals surface area contributed by atoms with E-state index in [9.17, 15) is 4.79 Å². The number of halogens is 3. The van der Waals surface area contributed by atoms with E-state index >= 15 is 0 Å². The predicted molar refractivity (Wildman–Crippen MR) is 127 cm³/mol. The zero-order valence-electron chi connectivity index (χ0n) is 16.8. The van der Waals surface area contributed by atoms with Crippen LogP contribution in [0, 0.1) is 6.92 Å². The molecular weight excluding hydrogens is 505 g/mol. The Morgan fingerprint density at radius 3 is 2.48 bits per heavy atom. The second-order valence-electron chi connectivity index (χ2n) is 6.83. The molecule has 0 aliphatic heterocycles. The highest BCUT2D eigenvalue weighted by molar-refractivity contribution is 9.10. The number of aryl methyl sites for hydroxylation is 1. The van der Waals surface area contributed by atoms with Crippen molar-refractivity contribution in [2.24, 2.45) is 0 Å². The number of hydrogen-bond acceptors (Lipinski definition) is 4. The van der Waals surface area contributed by atoms with Gasteiger partial charge in [0.15, 0.2) is 11.5 Å². The molecule has 0 bridgehead atoms. The normalized spacial score (nSPS) is 10.6. The van der Waals surface area contributed by atoms with Gasteiger partial charge in [-0.3, -0.25) is 0 Å². The molecule has 5 nitrogen and oxygen atoms in total. The Hall–Kier alpha value is -2.41. The molecule has 0 amide bonds. The van der Waals surface area contributed by atoms with Crippen LogP contribution in [0.3, 0.4) is 0 Å². The molecule has 3 aromatic carbocycles. The van der Waals surface area contributed by atoms with Crippen LogP contribution in [-0.4, -0.2) is 18.2 Å². The maximum atomic E-state index is 11.1. The average molecular weight is 525 g/mol. The molecular formula is C23H20BrCl2NO4. The van der Waals surface area contributed by atoms with Crippen LogP contribution in [0.25, 0.3) is 0 Å². The number of benzene rings is 3. The van der Waals surface area contributed by atoms with Crippen molar-refractivity contribution in [3.8, 4) is 11.5 Å². The number of anilines is 1. The SMILES string of the molecule is COc1cc(CNc2ccc(C(=O)O)cc2C)cc(Br)c1OCc1ccc(Cl)c(Cl)c1. The van der Waals surface area contributed by atoms with E-state index in [-0.39, 0.29) is 5.56 Å². The van der Waals surface area contributed by atoms with Crippen LogP contribution in [0.4, 0.5) is 5.69 Å². The first-order valence-corrected chi connectivity index (χ1v) is 10.8. The van der Waals surface area contributed by atoms with Crippen LogP contribution in [0.15, 0.2) is 53.0 Å². The fourth-order valence-electron chi connectivity index (χ4n) is 2.99. The minimum atomic E-state index is -0.945. The minimum Gasteiger partial charge on any atom is -0.493 e. The van der Waals surface area contributed by atoms with E-state index in [4.69, 9.17) is 37.8 Å². The number of carboxylic acid groups (broad SMARTS) is 1. The maximum absolute atomic E-state index is 11.1. The summed E-state index contributed by atoms with van der Waals surface area (Å²) >= 11 is 15.6. The van der Waals surface area contributed by atoms with Crippen LogP contribution >= 0.6 is 39.1 Å². The molecule has 0 saturated carbocycles. The van der Waals surface area contributed by atoms with E-state index < -0.39 is 5.97 Å². The van der Waals surface area contributed by atoms with Crippen molar-refractivity contribution < 1.29 is 19.4 Å². The molecule has 0 heterocycles. The molecule has 2 N–H and O–H groups in total. The lowest BCUT2D eigenvalue weighted by Gasteiger charge is -2.16. The highest BCUT2D eigenvalue weighted by Gasteiger charge is 2.13. The van der Waals surface area contributed by atoms with Gasteiger partial charge in [-0.05, 0) is 82.0 Å². The van der Waals surface area contributed by atoms with Crippen LogP contribution in [-0.2, 0) is 13.2 Å². The number of hydrogen-bond donors (Lipinski definition) is 2. The molecule has 0 aliphatic rings. The molecule has 8 heteroatoms. The van der Waals surface area contributed by atoms with Crippen molar-refractivity contribution in [3.05, 3.63) is 85.3 Å². The Labute approximate surface area is 199 Å².